The van der Waals surface area contributed by atoms with Crippen LogP contribution in [-0.2, 0) is 0 Å². The molecule has 0 bridgehead atoms. The van der Waals surface area contributed by atoms with E-state index in [1.807, 2.05) is 19.3 Å². The molecule has 0 saturated heterocycles. The van der Waals surface area contributed by atoms with Crippen molar-refractivity contribution < 1.29 is 0 Å². The minimum absolute atomic E-state index is 0.398. The number of nitrogens with one attached hydrogen (secondary N) is 1. The molecular weight excluding hydrogens is 188 g/mol. The van der Waals surface area contributed by atoms with Crippen molar-refractivity contribution in [3.05, 3.63) is 18.0 Å². The summed E-state index contributed by atoms with van der Waals surface area (Å²) in [5.74, 6) is 0.715. The van der Waals surface area contributed by atoms with E-state index in [2.05, 4.69) is 41.2 Å². The molecule has 84 valence electrons. The van der Waals surface area contributed by atoms with Gasteiger partial charge in [-0.25, -0.2) is 9.97 Å². The molecule has 1 rings (SSSR count). The minimum atomic E-state index is 0.398. The zero-order valence-electron chi connectivity index (χ0n) is 9.99. The highest BCUT2D eigenvalue weighted by Gasteiger charge is 2.03. The van der Waals surface area contributed by atoms with E-state index in [9.17, 15) is 0 Å². The van der Waals surface area contributed by atoms with Crippen molar-refractivity contribution >= 4 is 5.95 Å². The predicted molar refractivity (Wildman–Crippen MR) is 63.0 cm³/mol. The summed E-state index contributed by atoms with van der Waals surface area (Å²) in [4.78, 5) is 10.6. The van der Waals surface area contributed by atoms with Crippen molar-refractivity contribution in [3.8, 4) is 0 Å². The normalized spacial score (nSPS) is 12.9. The Balaban J connectivity index is 2.37. The number of hydrogen-bond donors (Lipinski definition) is 1. The summed E-state index contributed by atoms with van der Waals surface area (Å²) in [6.45, 7) is 5.20. The van der Waals surface area contributed by atoms with E-state index < -0.39 is 0 Å². The average molecular weight is 208 g/mol. The third-order valence-corrected chi connectivity index (χ3v) is 2.17. The lowest BCUT2D eigenvalue weighted by Gasteiger charge is -2.16. The monoisotopic (exact) mass is 208 g/mol. The van der Waals surface area contributed by atoms with Crippen LogP contribution in [0.15, 0.2) is 12.4 Å². The van der Waals surface area contributed by atoms with Crippen molar-refractivity contribution in [2.24, 2.45) is 0 Å². The maximum atomic E-state index is 4.21. The fraction of sp³-hybridized carbons (Fsp3) is 0.636. The van der Waals surface area contributed by atoms with Crippen LogP contribution in [0.5, 0.6) is 0 Å². The second-order valence-electron chi connectivity index (χ2n) is 4.22. The van der Waals surface area contributed by atoms with Gasteiger partial charge >= 0.3 is 0 Å². The molecule has 0 amide bonds. The van der Waals surface area contributed by atoms with Gasteiger partial charge in [-0.1, -0.05) is 0 Å². The highest BCUT2D eigenvalue weighted by molar-refractivity contribution is 5.25. The smallest absolute Gasteiger partial charge is 0.222 e. The molecule has 15 heavy (non-hydrogen) atoms. The number of rotatable bonds is 5. The molecule has 1 N–H and O–H groups in total. The first kappa shape index (κ1) is 11.9. The van der Waals surface area contributed by atoms with E-state index in [1.165, 1.54) is 0 Å². The number of hydrogen-bond acceptors (Lipinski definition) is 4. The highest BCUT2D eigenvalue weighted by atomic mass is 15.1. The molecule has 0 radical (unpaired) electrons. The van der Waals surface area contributed by atoms with Crippen LogP contribution in [0.1, 0.15) is 18.9 Å². The van der Waals surface area contributed by atoms with E-state index in [0.717, 1.165) is 18.5 Å². The lowest BCUT2D eigenvalue weighted by molar-refractivity contribution is 0.390. The number of aromatic nitrogens is 2. The Bertz CT molecular complexity index is 281. The summed E-state index contributed by atoms with van der Waals surface area (Å²) in [5.41, 5.74) is 1.08. The van der Waals surface area contributed by atoms with E-state index in [1.54, 1.807) is 0 Å². The quantitative estimate of drug-likeness (QED) is 0.797. The van der Waals surface area contributed by atoms with Gasteiger partial charge in [-0.2, -0.15) is 0 Å². The zero-order chi connectivity index (χ0) is 11.3. The number of anilines is 1. The lowest BCUT2D eigenvalue weighted by atomic mass is 10.2. The summed E-state index contributed by atoms with van der Waals surface area (Å²) >= 11 is 0. The Morgan fingerprint density at radius 1 is 1.33 bits per heavy atom. The Hall–Kier alpha value is -1.16. The summed E-state index contributed by atoms with van der Waals surface area (Å²) in [6, 6.07) is 0.398. The van der Waals surface area contributed by atoms with E-state index in [-0.39, 0.29) is 0 Å². The lowest BCUT2D eigenvalue weighted by Crippen LogP contribution is -2.23. The van der Waals surface area contributed by atoms with Crippen molar-refractivity contribution in [3.63, 3.8) is 0 Å². The first-order valence-electron chi connectivity index (χ1n) is 5.28. The van der Waals surface area contributed by atoms with Crippen LogP contribution in [0, 0.1) is 6.92 Å². The van der Waals surface area contributed by atoms with Gasteiger partial charge in [-0.3, -0.25) is 0 Å². The molecule has 4 heteroatoms. The molecule has 4 nitrogen and oxygen atoms in total. The second-order valence-corrected chi connectivity index (χ2v) is 4.22. The molecule has 0 saturated carbocycles. The zero-order valence-corrected chi connectivity index (χ0v) is 9.99. The first-order chi connectivity index (χ1) is 7.08. The van der Waals surface area contributed by atoms with Gasteiger partial charge in [-0.15, -0.1) is 0 Å². The molecule has 0 fully saturated rings. The molecular formula is C11H20N4. The summed E-state index contributed by atoms with van der Waals surface area (Å²) in [6.07, 6.45) is 4.74. The molecule has 0 aliphatic carbocycles. The Morgan fingerprint density at radius 2 is 1.93 bits per heavy atom. The maximum absolute atomic E-state index is 4.21. The van der Waals surface area contributed by atoms with Crippen molar-refractivity contribution in [2.75, 3.05) is 26.0 Å². The molecule has 1 aromatic heterocycles. The topological polar surface area (TPSA) is 41.1 Å². The van der Waals surface area contributed by atoms with Crippen LogP contribution in [0.2, 0.25) is 0 Å². The van der Waals surface area contributed by atoms with Crippen molar-refractivity contribution in [1.82, 2.24) is 14.9 Å². The standard InChI is InChI=1S/C11H20N4/c1-9-7-12-11(13-8-9)14-10(2)5-6-15(3)4/h7-8,10H,5-6H2,1-4H3,(H,12,13,14). The number of nitrogens with zero attached hydrogens (tertiary/aromatic N) is 3. The van der Waals surface area contributed by atoms with E-state index in [0.29, 0.717) is 12.0 Å². The van der Waals surface area contributed by atoms with Crippen LogP contribution in [0.25, 0.3) is 0 Å². The Labute approximate surface area is 91.7 Å². The van der Waals surface area contributed by atoms with Gasteiger partial charge < -0.3 is 10.2 Å². The fourth-order valence-corrected chi connectivity index (χ4v) is 1.21. The Morgan fingerprint density at radius 3 is 2.47 bits per heavy atom. The van der Waals surface area contributed by atoms with Gasteiger partial charge in [0, 0.05) is 18.4 Å². The predicted octanol–water partition coefficient (Wildman–Crippen LogP) is 1.54. The third-order valence-electron chi connectivity index (χ3n) is 2.17. The maximum Gasteiger partial charge on any atom is 0.222 e. The van der Waals surface area contributed by atoms with Crippen LogP contribution >= 0.6 is 0 Å². The van der Waals surface area contributed by atoms with Crippen LogP contribution in [0.4, 0.5) is 5.95 Å². The molecule has 0 aliphatic heterocycles. The number of aryl methyl sites for hydroxylation is 1. The summed E-state index contributed by atoms with van der Waals surface area (Å²) < 4.78 is 0. The van der Waals surface area contributed by atoms with Gasteiger partial charge in [0.15, 0.2) is 0 Å². The SMILES string of the molecule is Cc1cnc(NC(C)CCN(C)C)nc1. The second kappa shape index (κ2) is 5.66. The van der Waals surface area contributed by atoms with Gasteiger partial charge in [0.2, 0.25) is 5.95 Å². The van der Waals surface area contributed by atoms with Gasteiger partial charge in [0.25, 0.3) is 0 Å². The fourth-order valence-electron chi connectivity index (χ4n) is 1.21. The van der Waals surface area contributed by atoms with Crippen LogP contribution in [-0.4, -0.2) is 41.5 Å². The van der Waals surface area contributed by atoms with Crippen LogP contribution < -0.4 is 5.32 Å². The summed E-state index contributed by atoms with van der Waals surface area (Å²) in [5, 5.41) is 3.28. The van der Waals surface area contributed by atoms with Crippen molar-refractivity contribution in [2.45, 2.75) is 26.3 Å². The molecule has 0 aromatic carbocycles. The summed E-state index contributed by atoms with van der Waals surface area (Å²) in [7, 11) is 4.16. The highest BCUT2D eigenvalue weighted by Crippen LogP contribution is 2.03. The third kappa shape index (κ3) is 4.74. The molecule has 1 atom stereocenters. The minimum Gasteiger partial charge on any atom is -0.352 e. The van der Waals surface area contributed by atoms with Gasteiger partial charge in [-0.05, 0) is 46.5 Å². The molecule has 0 aliphatic rings. The molecule has 1 unspecified atom stereocenters. The Kier molecular flexibility index (Phi) is 4.49. The van der Waals surface area contributed by atoms with Crippen LogP contribution in [0.3, 0.4) is 0 Å². The average Bonchev–Trinajstić information content (AvgIpc) is 2.19. The largest absolute Gasteiger partial charge is 0.352 e. The molecule has 1 heterocycles. The van der Waals surface area contributed by atoms with Gasteiger partial charge in [0.1, 0.15) is 0 Å². The van der Waals surface area contributed by atoms with Crippen molar-refractivity contribution in [1.29, 1.82) is 0 Å². The molecule has 1 aromatic rings. The van der Waals surface area contributed by atoms with E-state index in [4.69, 9.17) is 0 Å². The molecule has 0 spiro atoms. The van der Waals surface area contributed by atoms with E-state index >= 15 is 0 Å². The first-order valence-corrected chi connectivity index (χ1v) is 5.28. The van der Waals surface area contributed by atoms with Gasteiger partial charge in [0.05, 0.1) is 0 Å².